The maximum Gasteiger partial charge on any atom is 0.205 e. The quantitative estimate of drug-likeness (QED) is 0.446. The van der Waals surface area contributed by atoms with Gasteiger partial charge in [-0.3, -0.25) is 4.79 Å². The first-order valence-corrected chi connectivity index (χ1v) is 6.57. The van der Waals surface area contributed by atoms with Crippen molar-refractivity contribution in [1.29, 1.82) is 5.26 Å². The van der Waals surface area contributed by atoms with Crippen molar-refractivity contribution < 1.29 is 4.79 Å². The van der Waals surface area contributed by atoms with E-state index in [1.54, 1.807) is 12.3 Å². The average Bonchev–Trinajstić information content (AvgIpc) is 2.97. The Balaban J connectivity index is 2.04. The zero-order chi connectivity index (χ0) is 14.7. The zero-order valence-corrected chi connectivity index (χ0v) is 11.2. The normalized spacial score (nSPS) is 11.3. The number of Topliss-reactive ketones (excluding diaryl/α,β-unsaturated/α-hetero) is 1. The van der Waals surface area contributed by atoms with Crippen molar-refractivity contribution in [3.05, 3.63) is 77.5 Å². The second kappa shape index (κ2) is 5.48. The van der Waals surface area contributed by atoms with E-state index >= 15 is 0 Å². The Bertz CT molecular complexity index is 867. The van der Waals surface area contributed by atoms with E-state index in [-0.39, 0.29) is 11.4 Å². The summed E-state index contributed by atoms with van der Waals surface area (Å²) in [7, 11) is 0. The summed E-state index contributed by atoms with van der Waals surface area (Å²) in [6.07, 6.45) is 3.27. The fourth-order valence-corrected chi connectivity index (χ4v) is 2.27. The monoisotopic (exact) mass is 272 g/mol. The lowest BCUT2D eigenvalue weighted by Crippen LogP contribution is -2.00. The van der Waals surface area contributed by atoms with E-state index in [0.29, 0.717) is 5.56 Å². The molecular formula is C18H12N2O. The Hall–Kier alpha value is -3.12. The second-order valence-electron chi connectivity index (χ2n) is 4.66. The molecule has 0 saturated heterocycles. The predicted octanol–water partition coefficient (Wildman–Crippen LogP) is 3.96. The molecule has 0 unspecified atom stereocenters. The summed E-state index contributed by atoms with van der Waals surface area (Å²) in [6.45, 7) is 0. The molecule has 3 aromatic rings. The van der Waals surface area contributed by atoms with Gasteiger partial charge in [0, 0.05) is 22.7 Å². The maximum absolute atomic E-state index is 12.5. The molecule has 100 valence electrons. The first kappa shape index (κ1) is 12.9. The Morgan fingerprint density at radius 1 is 1.05 bits per heavy atom. The van der Waals surface area contributed by atoms with Crippen molar-refractivity contribution in [3.8, 4) is 6.07 Å². The SMILES string of the molecule is N#C/C(=C\c1ccccc1)C(=O)c1c[nH]c2ccccc12. The number of H-pyrrole nitrogens is 1. The number of nitriles is 1. The highest BCUT2D eigenvalue weighted by Crippen LogP contribution is 2.21. The predicted molar refractivity (Wildman–Crippen MR) is 82.7 cm³/mol. The fraction of sp³-hybridized carbons (Fsp3) is 0. The van der Waals surface area contributed by atoms with Gasteiger partial charge in [0.1, 0.15) is 11.6 Å². The van der Waals surface area contributed by atoms with Gasteiger partial charge in [-0.2, -0.15) is 5.26 Å². The number of hydrogen-bond donors (Lipinski definition) is 1. The van der Waals surface area contributed by atoms with Crippen LogP contribution >= 0.6 is 0 Å². The number of carbonyl (C=O) groups excluding carboxylic acids is 1. The first-order chi connectivity index (χ1) is 10.3. The lowest BCUT2D eigenvalue weighted by Gasteiger charge is -1.98. The maximum atomic E-state index is 12.5. The molecule has 21 heavy (non-hydrogen) atoms. The van der Waals surface area contributed by atoms with Crippen LogP contribution in [0.2, 0.25) is 0 Å². The van der Waals surface area contributed by atoms with Crippen LogP contribution in [-0.2, 0) is 0 Å². The van der Waals surface area contributed by atoms with Crippen LogP contribution in [0.5, 0.6) is 0 Å². The van der Waals surface area contributed by atoms with Crippen LogP contribution in [0.4, 0.5) is 0 Å². The number of ketones is 1. The van der Waals surface area contributed by atoms with Gasteiger partial charge < -0.3 is 4.98 Å². The molecule has 1 aromatic heterocycles. The molecule has 3 nitrogen and oxygen atoms in total. The number of rotatable bonds is 3. The van der Waals surface area contributed by atoms with E-state index in [4.69, 9.17) is 0 Å². The first-order valence-electron chi connectivity index (χ1n) is 6.57. The molecule has 0 aliphatic rings. The van der Waals surface area contributed by atoms with Gasteiger partial charge in [-0.25, -0.2) is 0 Å². The molecule has 0 radical (unpaired) electrons. The number of para-hydroxylation sites is 1. The number of aromatic amines is 1. The van der Waals surface area contributed by atoms with Crippen molar-refractivity contribution in [1.82, 2.24) is 4.98 Å². The van der Waals surface area contributed by atoms with Gasteiger partial charge in [-0.1, -0.05) is 48.5 Å². The Kier molecular flexibility index (Phi) is 3.36. The summed E-state index contributed by atoms with van der Waals surface area (Å²) >= 11 is 0. The molecule has 0 fully saturated rings. The van der Waals surface area contributed by atoms with Crippen LogP contribution in [0, 0.1) is 11.3 Å². The number of nitrogens with one attached hydrogen (secondary N) is 1. The van der Waals surface area contributed by atoms with Crippen LogP contribution in [0.25, 0.3) is 17.0 Å². The summed E-state index contributed by atoms with van der Waals surface area (Å²) in [5, 5.41) is 10.1. The molecule has 0 aliphatic carbocycles. The third-order valence-electron chi connectivity index (χ3n) is 3.31. The smallest absolute Gasteiger partial charge is 0.205 e. The summed E-state index contributed by atoms with van der Waals surface area (Å²) in [5.74, 6) is -0.265. The summed E-state index contributed by atoms with van der Waals surface area (Å²) in [6, 6.07) is 18.9. The van der Waals surface area contributed by atoms with Crippen molar-refractivity contribution >= 4 is 22.8 Å². The Morgan fingerprint density at radius 3 is 2.52 bits per heavy atom. The summed E-state index contributed by atoms with van der Waals surface area (Å²) in [5.41, 5.74) is 2.38. The van der Waals surface area contributed by atoms with Crippen molar-refractivity contribution in [2.24, 2.45) is 0 Å². The van der Waals surface area contributed by atoms with Gasteiger partial charge in [0.25, 0.3) is 0 Å². The summed E-state index contributed by atoms with van der Waals surface area (Å²) in [4.78, 5) is 15.6. The molecular weight excluding hydrogens is 260 g/mol. The molecule has 0 spiro atoms. The fourth-order valence-electron chi connectivity index (χ4n) is 2.27. The Morgan fingerprint density at radius 2 is 1.76 bits per heavy atom. The molecule has 2 aromatic carbocycles. The minimum absolute atomic E-state index is 0.131. The average molecular weight is 272 g/mol. The number of allylic oxidation sites excluding steroid dienone is 1. The van der Waals surface area contributed by atoms with Gasteiger partial charge in [0.05, 0.1) is 0 Å². The molecule has 3 heteroatoms. The lowest BCUT2D eigenvalue weighted by atomic mass is 10.0. The van der Waals surface area contributed by atoms with Crippen LogP contribution in [0.3, 0.4) is 0 Å². The van der Waals surface area contributed by atoms with E-state index in [1.165, 1.54) is 0 Å². The number of hydrogen-bond acceptors (Lipinski definition) is 2. The Labute approximate surface area is 122 Å². The van der Waals surface area contributed by atoms with Crippen molar-refractivity contribution in [3.63, 3.8) is 0 Å². The van der Waals surface area contributed by atoms with Gasteiger partial charge in [-0.15, -0.1) is 0 Å². The molecule has 0 aliphatic heterocycles. The van der Waals surface area contributed by atoms with Gasteiger partial charge in [-0.05, 0) is 17.7 Å². The molecule has 0 amide bonds. The molecule has 0 bridgehead atoms. The number of carbonyl (C=O) groups is 1. The molecule has 1 heterocycles. The third kappa shape index (κ3) is 2.47. The second-order valence-corrected chi connectivity index (χ2v) is 4.66. The van der Waals surface area contributed by atoms with Gasteiger partial charge in [0.15, 0.2) is 0 Å². The molecule has 3 rings (SSSR count). The highest BCUT2D eigenvalue weighted by atomic mass is 16.1. The van der Waals surface area contributed by atoms with E-state index < -0.39 is 0 Å². The third-order valence-corrected chi connectivity index (χ3v) is 3.31. The number of aromatic nitrogens is 1. The van der Waals surface area contributed by atoms with Crippen LogP contribution in [-0.4, -0.2) is 10.8 Å². The molecule has 1 N–H and O–H groups in total. The van der Waals surface area contributed by atoms with Crippen molar-refractivity contribution in [2.45, 2.75) is 0 Å². The van der Waals surface area contributed by atoms with Crippen LogP contribution in [0.15, 0.2) is 66.4 Å². The van der Waals surface area contributed by atoms with Crippen LogP contribution < -0.4 is 0 Å². The highest BCUT2D eigenvalue weighted by Gasteiger charge is 2.16. The minimum atomic E-state index is -0.265. The van der Waals surface area contributed by atoms with Gasteiger partial charge >= 0.3 is 0 Å². The molecule has 0 saturated carbocycles. The number of fused-ring (bicyclic) bond motifs is 1. The van der Waals surface area contributed by atoms with Crippen molar-refractivity contribution in [2.75, 3.05) is 0 Å². The topological polar surface area (TPSA) is 56.6 Å². The number of benzene rings is 2. The van der Waals surface area contributed by atoms with E-state index in [0.717, 1.165) is 16.5 Å². The van der Waals surface area contributed by atoms with E-state index in [9.17, 15) is 10.1 Å². The highest BCUT2D eigenvalue weighted by molar-refractivity contribution is 6.19. The van der Waals surface area contributed by atoms with Gasteiger partial charge in [0.2, 0.25) is 5.78 Å². The molecule has 0 atom stereocenters. The largest absolute Gasteiger partial charge is 0.360 e. The minimum Gasteiger partial charge on any atom is -0.360 e. The van der Waals surface area contributed by atoms with E-state index in [2.05, 4.69) is 4.98 Å². The standard InChI is InChI=1S/C18H12N2O/c19-11-14(10-13-6-2-1-3-7-13)18(21)16-12-20-17-9-5-4-8-15(16)17/h1-10,12,20H/b14-10+. The lowest BCUT2D eigenvalue weighted by molar-refractivity contribution is 0.104. The number of nitrogens with zero attached hydrogens (tertiary/aromatic N) is 1. The van der Waals surface area contributed by atoms with Crippen LogP contribution in [0.1, 0.15) is 15.9 Å². The summed E-state index contributed by atoms with van der Waals surface area (Å²) < 4.78 is 0. The zero-order valence-electron chi connectivity index (χ0n) is 11.2. The van der Waals surface area contributed by atoms with E-state index in [1.807, 2.05) is 60.7 Å².